The molecule has 0 amide bonds. The monoisotopic (exact) mass is 295 g/mol. The fourth-order valence-corrected chi connectivity index (χ4v) is 2.92. The van der Waals surface area contributed by atoms with Gasteiger partial charge in [0.05, 0.1) is 4.90 Å². The van der Waals surface area contributed by atoms with Crippen molar-refractivity contribution in [2.45, 2.75) is 24.8 Å². The van der Waals surface area contributed by atoms with Gasteiger partial charge in [0.25, 0.3) is 0 Å². The summed E-state index contributed by atoms with van der Waals surface area (Å²) in [4.78, 5) is 0.204. The quantitative estimate of drug-likeness (QED) is 0.849. The van der Waals surface area contributed by atoms with Gasteiger partial charge in [0.15, 0.2) is 0 Å². The average molecular weight is 296 g/mol. The summed E-state index contributed by atoms with van der Waals surface area (Å²) in [5, 5.41) is 0.506. The molecule has 1 aromatic rings. The lowest BCUT2D eigenvalue weighted by Gasteiger charge is -2.19. The molecular weight excluding hydrogens is 281 g/mol. The van der Waals surface area contributed by atoms with E-state index in [0.29, 0.717) is 10.9 Å². The summed E-state index contributed by atoms with van der Waals surface area (Å²) in [6, 6.07) is 5.83. The van der Waals surface area contributed by atoms with Crippen LogP contribution in [0, 0.1) is 5.92 Å². The summed E-state index contributed by atoms with van der Waals surface area (Å²) in [5.74, 6) is 0.475. The Morgan fingerprint density at radius 1 is 1.24 bits per heavy atom. The molecule has 0 saturated carbocycles. The first-order valence-electron chi connectivity index (χ1n) is 5.20. The van der Waals surface area contributed by atoms with Crippen molar-refractivity contribution >= 4 is 33.2 Å². The van der Waals surface area contributed by atoms with E-state index in [0.717, 1.165) is 0 Å². The summed E-state index contributed by atoms with van der Waals surface area (Å²) in [7, 11) is -3.50. The first-order chi connectivity index (χ1) is 7.86. The average Bonchev–Trinajstić information content (AvgIpc) is 2.27. The summed E-state index contributed by atoms with van der Waals surface area (Å²) in [5.41, 5.74) is 0. The number of benzene rings is 1. The molecule has 1 rings (SSSR count). The van der Waals surface area contributed by atoms with Crippen molar-refractivity contribution in [3.8, 4) is 0 Å². The van der Waals surface area contributed by atoms with Crippen molar-refractivity contribution in [3.05, 3.63) is 29.3 Å². The summed E-state index contributed by atoms with van der Waals surface area (Å²) in [6.07, 6.45) is 0. The number of alkyl halides is 1. The van der Waals surface area contributed by atoms with Crippen LogP contribution >= 0.6 is 23.2 Å². The van der Waals surface area contributed by atoms with Crippen LogP contribution in [0.15, 0.2) is 29.2 Å². The Kier molecular flexibility index (Phi) is 5.25. The van der Waals surface area contributed by atoms with Crippen LogP contribution in [0.2, 0.25) is 5.02 Å². The van der Waals surface area contributed by atoms with Crippen LogP contribution in [0.5, 0.6) is 0 Å². The van der Waals surface area contributed by atoms with Gasteiger partial charge in [-0.1, -0.05) is 18.5 Å². The van der Waals surface area contributed by atoms with Crippen LogP contribution in [0.25, 0.3) is 0 Å². The van der Waals surface area contributed by atoms with Gasteiger partial charge in [-0.2, -0.15) is 0 Å². The highest BCUT2D eigenvalue weighted by atomic mass is 35.5. The Hall–Kier alpha value is -0.290. The lowest BCUT2D eigenvalue weighted by atomic mass is 10.1. The van der Waals surface area contributed by atoms with Crippen LogP contribution in [0.1, 0.15) is 13.8 Å². The van der Waals surface area contributed by atoms with E-state index < -0.39 is 10.0 Å². The van der Waals surface area contributed by atoms with E-state index in [1.165, 1.54) is 12.1 Å². The molecule has 0 bridgehead atoms. The van der Waals surface area contributed by atoms with Gasteiger partial charge in [-0.05, 0) is 37.1 Å². The number of hydrogen-bond acceptors (Lipinski definition) is 2. The van der Waals surface area contributed by atoms with E-state index in [2.05, 4.69) is 4.72 Å². The zero-order valence-corrected chi connectivity index (χ0v) is 12.0. The smallest absolute Gasteiger partial charge is 0.208 e. The number of hydrogen-bond donors (Lipinski definition) is 1. The van der Waals surface area contributed by atoms with Gasteiger partial charge in [0.1, 0.15) is 0 Å². The lowest BCUT2D eigenvalue weighted by Crippen LogP contribution is -2.37. The fourth-order valence-electron chi connectivity index (χ4n) is 1.18. The highest BCUT2D eigenvalue weighted by Gasteiger charge is 2.20. The standard InChI is InChI=1S/C11H15Cl2NO2S/c1-8(7-12)9(2)14-17(15,16)11-5-3-10(13)4-6-11/h3-6,8-9,14H,7H2,1-2H3. The second-order valence-corrected chi connectivity index (χ2v) is 6.45. The van der Waals surface area contributed by atoms with Crippen molar-refractivity contribution in [2.75, 3.05) is 5.88 Å². The number of halogens is 2. The highest BCUT2D eigenvalue weighted by molar-refractivity contribution is 7.89. The molecule has 0 aliphatic heterocycles. The molecule has 2 unspecified atom stereocenters. The van der Waals surface area contributed by atoms with E-state index in [4.69, 9.17) is 23.2 Å². The molecular formula is C11H15Cl2NO2S. The Morgan fingerprint density at radius 3 is 2.24 bits per heavy atom. The lowest BCUT2D eigenvalue weighted by molar-refractivity contribution is 0.480. The summed E-state index contributed by atoms with van der Waals surface area (Å²) in [6.45, 7) is 3.68. The topological polar surface area (TPSA) is 46.2 Å². The van der Waals surface area contributed by atoms with Crippen LogP contribution in [-0.2, 0) is 10.0 Å². The second-order valence-electron chi connectivity index (χ2n) is 4.00. The second kappa shape index (κ2) is 6.05. The molecule has 0 heterocycles. The predicted molar refractivity (Wildman–Crippen MR) is 71.1 cm³/mol. The SMILES string of the molecule is CC(CCl)C(C)NS(=O)(=O)c1ccc(Cl)cc1. The molecule has 1 aromatic carbocycles. The molecule has 3 nitrogen and oxygen atoms in total. The highest BCUT2D eigenvalue weighted by Crippen LogP contribution is 2.15. The third kappa shape index (κ3) is 4.14. The number of sulfonamides is 1. The molecule has 0 aromatic heterocycles. The Balaban J connectivity index is 2.85. The van der Waals surface area contributed by atoms with Crippen LogP contribution in [0.3, 0.4) is 0 Å². The van der Waals surface area contributed by atoms with Gasteiger partial charge >= 0.3 is 0 Å². The van der Waals surface area contributed by atoms with E-state index in [-0.39, 0.29) is 16.9 Å². The zero-order valence-electron chi connectivity index (χ0n) is 9.65. The molecule has 0 aliphatic rings. The molecule has 0 spiro atoms. The minimum Gasteiger partial charge on any atom is -0.208 e. The molecule has 0 aliphatic carbocycles. The molecule has 96 valence electrons. The van der Waals surface area contributed by atoms with Gasteiger partial charge in [-0.15, -0.1) is 11.6 Å². The van der Waals surface area contributed by atoms with Gasteiger partial charge in [0.2, 0.25) is 10.0 Å². The van der Waals surface area contributed by atoms with Crippen molar-refractivity contribution in [2.24, 2.45) is 5.92 Å². The van der Waals surface area contributed by atoms with E-state index in [1.54, 1.807) is 19.1 Å². The first kappa shape index (κ1) is 14.8. The van der Waals surface area contributed by atoms with E-state index >= 15 is 0 Å². The minimum absolute atomic E-state index is 0.0683. The van der Waals surface area contributed by atoms with E-state index in [1.807, 2.05) is 6.92 Å². The fraction of sp³-hybridized carbons (Fsp3) is 0.455. The van der Waals surface area contributed by atoms with Gasteiger partial charge in [0, 0.05) is 16.9 Å². The van der Waals surface area contributed by atoms with Gasteiger partial charge in [-0.25, -0.2) is 13.1 Å². The maximum absolute atomic E-state index is 12.0. The molecule has 17 heavy (non-hydrogen) atoms. The molecule has 0 fully saturated rings. The van der Waals surface area contributed by atoms with Crippen molar-refractivity contribution in [1.82, 2.24) is 4.72 Å². The Labute approximate surface area is 112 Å². The van der Waals surface area contributed by atoms with Crippen LogP contribution < -0.4 is 4.72 Å². The Morgan fingerprint density at radius 2 is 1.76 bits per heavy atom. The first-order valence-corrected chi connectivity index (χ1v) is 7.60. The normalized spacial score (nSPS) is 15.5. The third-order valence-electron chi connectivity index (χ3n) is 2.56. The maximum Gasteiger partial charge on any atom is 0.240 e. The Bertz CT molecular complexity index is 459. The molecule has 1 N–H and O–H groups in total. The van der Waals surface area contributed by atoms with Gasteiger partial charge < -0.3 is 0 Å². The predicted octanol–water partition coefficient (Wildman–Crippen LogP) is 2.88. The summed E-state index contributed by atoms with van der Waals surface area (Å²) < 4.78 is 26.5. The van der Waals surface area contributed by atoms with Crippen LogP contribution in [-0.4, -0.2) is 20.3 Å². The molecule has 2 atom stereocenters. The zero-order chi connectivity index (χ0) is 13.1. The van der Waals surface area contributed by atoms with Crippen molar-refractivity contribution < 1.29 is 8.42 Å². The van der Waals surface area contributed by atoms with E-state index in [9.17, 15) is 8.42 Å². The van der Waals surface area contributed by atoms with Crippen molar-refractivity contribution in [1.29, 1.82) is 0 Å². The number of nitrogens with one attached hydrogen (secondary N) is 1. The number of rotatable bonds is 5. The molecule has 0 radical (unpaired) electrons. The van der Waals surface area contributed by atoms with Gasteiger partial charge in [-0.3, -0.25) is 0 Å². The third-order valence-corrected chi connectivity index (χ3v) is 4.88. The van der Waals surface area contributed by atoms with Crippen molar-refractivity contribution in [3.63, 3.8) is 0 Å². The van der Waals surface area contributed by atoms with Crippen LogP contribution in [0.4, 0.5) is 0 Å². The maximum atomic E-state index is 12.0. The minimum atomic E-state index is -3.50. The summed E-state index contributed by atoms with van der Waals surface area (Å²) >= 11 is 11.4. The molecule has 0 saturated heterocycles. The largest absolute Gasteiger partial charge is 0.240 e. The molecule has 6 heteroatoms.